The van der Waals surface area contributed by atoms with Crippen molar-refractivity contribution in [2.75, 3.05) is 4.90 Å². The number of carbonyl (C=O) groups excluding carboxylic acids is 2. The van der Waals surface area contributed by atoms with E-state index in [-0.39, 0.29) is 35.1 Å². The van der Waals surface area contributed by atoms with Crippen molar-refractivity contribution >= 4 is 34.7 Å². The van der Waals surface area contributed by atoms with Gasteiger partial charge in [-0.2, -0.15) is 0 Å². The zero-order chi connectivity index (χ0) is 21.6. The summed E-state index contributed by atoms with van der Waals surface area (Å²) in [6.45, 7) is 3.99. The number of nitro benzene ring substituents is 1. The van der Waals surface area contributed by atoms with Gasteiger partial charge in [-0.3, -0.25) is 24.6 Å². The van der Waals surface area contributed by atoms with Crippen LogP contribution in [0.25, 0.3) is 0 Å². The Morgan fingerprint density at radius 1 is 1.10 bits per heavy atom. The summed E-state index contributed by atoms with van der Waals surface area (Å²) in [6.07, 6.45) is 1.05. The van der Waals surface area contributed by atoms with Crippen LogP contribution in [0.4, 0.5) is 11.4 Å². The monoisotopic (exact) mass is 424 g/mol. The summed E-state index contributed by atoms with van der Waals surface area (Å²) < 4.78 is 0. The Hall–Kier alpha value is -2.99. The van der Waals surface area contributed by atoms with Crippen molar-refractivity contribution < 1.29 is 14.5 Å². The molecule has 0 spiro atoms. The number of hydrogen-bond donors (Lipinski definition) is 0. The summed E-state index contributed by atoms with van der Waals surface area (Å²) in [6, 6.07) is 13.2. The minimum absolute atomic E-state index is 0.0177. The Labute approximate surface area is 179 Å². The Morgan fingerprint density at radius 2 is 1.80 bits per heavy atom. The molecule has 2 aromatic rings. The second kappa shape index (κ2) is 7.36. The molecule has 0 N–H and O–H groups in total. The van der Waals surface area contributed by atoms with Crippen molar-refractivity contribution in [2.45, 2.75) is 39.0 Å². The quantitative estimate of drug-likeness (QED) is 0.487. The number of benzene rings is 2. The van der Waals surface area contributed by atoms with E-state index >= 15 is 0 Å². The molecule has 1 atom stereocenters. The van der Waals surface area contributed by atoms with Crippen molar-refractivity contribution in [3.63, 3.8) is 0 Å². The molecule has 1 amide bonds. The van der Waals surface area contributed by atoms with Crippen LogP contribution in [0.15, 0.2) is 59.8 Å². The number of anilines is 1. The van der Waals surface area contributed by atoms with E-state index in [1.807, 2.05) is 26.0 Å². The van der Waals surface area contributed by atoms with Gasteiger partial charge in [-0.1, -0.05) is 43.6 Å². The number of Topliss-reactive ketones (excluding diaryl/α,β-unsaturated/α-hetero) is 1. The van der Waals surface area contributed by atoms with Crippen LogP contribution in [0.1, 0.15) is 44.6 Å². The van der Waals surface area contributed by atoms with Crippen molar-refractivity contribution in [3.05, 3.63) is 80.5 Å². The Bertz CT molecular complexity index is 1090. The van der Waals surface area contributed by atoms with Crippen LogP contribution in [0.5, 0.6) is 0 Å². The van der Waals surface area contributed by atoms with Gasteiger partial charge in [0, 0.05) is 47.2 Å². The lowest BCUT2D eigenvalue weighted by molar-refractivity contribution is -0.384. The van der Waals surface area contributed by atoms with Gasteiger partial charge in [-0.25, -0.2) is 0 Å². The van der Waals surface area contributed by atoms with Crippen molar-refractivity contribution in [2.24, 2.45) is 5.41 Å². The molecule has 1 unspecified atom stereocenters. The number of ketones is 1. The van der Waals surface area contributed by atoms with Crippen LogP contribution in [-0.4, -0.2) is 16.6 Å². The van der Waals surface area contributed by atoms with E-state index in [1.165, 1.54) is 17.0 Å². The number of nitro groups is 1. The summed E-state index contributed by atoms with van der Waals surface area (Å²) in [7, 11) is 0. The lowest BCUT2D eigenvalue weighted by Gasteiger charge is -2.42. The maximum Gasteiger partial charge on any atom is 0.271 e. The topological polar surface area (TPSA) is 80.5 Å². The zero-order valence-electron chi connectivity index (χ0n) is 16.7. The smallest absolute Gasteiger partial charge is 0.271 e. The molecule has 1 heterocycles. The van der Waals surface area contributed by atoms with Crippen LogP contribution in [0.3, 0.4) is 0 Å². The third-order valence-electron chi connectivity index (χ3n) is 5.71. The molecule has 0 saturated carbocycles. The van der Waals surface area contributed by atoms with E-state index in [1.54, 1.807) is 24.3 Å². The fraction of sp³-hybridized carbons (Fsp3) is 0.304. The number of allylic oxidation sites excluding steroid dienone is 2. The number of non-ortho nitro benzene ring substituents is 1. The van der Waals surface area contributed by atoms with Crippen molar-refractivity contribution in [1.29, 1.82) is 0 Å². The van der Waals surface area contributed by atoms with Gasteiger partial charge >= 0.3 is 0 Å². The van der Waals surface area contributed by atoms with Gasteiger partial charge in [0.25, 0.3) is 5.69 Å². The fourth-order valence-electron chi connectivity index (χ4n) is 4.44. The van der Waals surface area contributed by atoms with E-state index in [0.29, 0.717) is 34.8 Å². The first-order chi connectivity index (χ1) is 14.2. The maximum atomic E-state index is 13.3. The lowest BCUT2D eigenvalue weighted by atomic mass is 9.69. The number of rotatable bonds is 3. The minimum Gasteiger partial charge on any atom is -0.294 e. The van der Waals surface area contributed by atoms with Gasteiger partial charge < -0.3 is 0 Å². The van der Waals surface area contributed by atoms with Crippen LogP contribution in [0.2, 0.25) is 5.02 Å². The third kappa shape index (κ3) is 3.63. The second-order valence-corrected chi connectivity index (χ2v) is 9.05. The zero-order valence-corrected chi connectivity index (χ0v) is 17.5. The van der Waals surface area contributed by atoms with Gasteiger partial charge in [0.15, 0.2) is 5.78 Å². The molecular weight excluding hydrogens is 404 g/mol. The number of halogens is 1. The minimum atomic E-state index is -0.486. The molecule has 0 saturated heterocycles. The summed E-state index contributed by atoms with van der Waals surface area (Å²) in [5.74, 6) is -0.507. The summed E-state index contributed by atoms with van der Waals surface area (Å²) in [5.41, 5.74) is 2.16. The Kier molecular flexibility index (Phi) is 4.98. The van der Waals surface area contributed by atoms with Crippen LogP contribution < -0.4 is 4.90 Å². The normalized spacial score (nSPS) is 20.9. The largest absolute Gasteiger partial charge is 0.294 e. The highest BCUT2D eigenvalue weighted by atomic mass is 35.5. The van der Waals surface area contributed by atoms with Gasteiger partial charge in [0.1, 0.15) is 0 Å². The second-order valence-electron chi connectivity index (χ2n) is 8.62. The lowest BCUT2D eigenvalue weighted by Crippen LogP contribution is -2.43. The van der Waals surface area contributed by atoms with E-state index in [0.717, 1.165) is 5.56 Å². The predicted molar refractivity (Wildman–Crippen MR) is 114 cm³/mol. The fourth-order valence-corrected chi connectivity index (χ4v) is 4.57. The van der Waals surface area contributed by atoms with E-state index in [9.17, 15) is 19.7 Å². The average Bonchev–Trinajstić information content (AvgIpc) is 2.67. The molecule has 0 fully saturated rings. The highest BCUT2D eigenvalue weighted by molar-refractivity contribution is 6.30. The van der Waals surface area contributed by atoms with Gasteiger partial charge in [0.2, 0.25) is 5.91 Å². The van der Waals surface area contributed by atoms with Gasteiger partial charge in [0.05, 0.1) is 10.6 Å². The Morgan fingerprint density at radius 3 is 2.47 bits per heavy atom. The molecule has 0 radical (unpaired) electrons. The van der Waals surface area contributed by atoms with Crippen molar-refractivity contribution in [3.8, 4) is 0 Å². The summed E-state index contributed by atoms with van der Waals surface area (Å²) >= 11 is 6.02. The number of nitrogens with zero attached hydrogens (tertiary/aromatic N) is 2. The molecule has 154 valence electrons. The van der Waals surface area contributed by atoms with E-state index in [2.05, 4.69) is 0 Å². The SMILES string of the molecule is CC1(C)CC(=O)C2=C(C1)N(c1cccc([N+](=O)[O-])c1)C(=O)CC2c1ccc(Cl)cc1. The highest BCUT2D eigenvalue weighted by Crippen LogP contribution is 2.48. The molecule has 4 rings (SSSR count). The Balaban J connectivity index is 1.89. The molecule has 6 nitrogen and oxygen atoms in total. The van der Waals surface area contributed by atoms with E-state index in [4.69, 9.17) is 11.6 Å². The highest BCUT2D eigenvalue weighted by Gasteiger charge is 2.44. The first kappa shape index (κ1) is 20.3. The molecule has 0 aromatic heterocycles. The van der Waals surface area contributed by atoms with Gasteiger partial charge in [-0.15, -0.1) is 0 Å². The summed E-state index contributed by atoms with van der Waals surface area (Å²) in [5, 5.41) is 11.8. The molecule has 1 aliphatic carbocycles. The summed E-state index contributed by atoms with van der Waals surface area (Å²) in [4.78, 5) is 38.8. The number of carbonyl (C=O) groups is 2. The van der Waals surface area contributed by atoms with Crippen molar-refractivity contribution in [1.82, 2.24) is 0 Å². The van der Waals surface area contributed by atoms with Crippen LogP contribution in [-0.2, 0) is 9.59 Å². The van der Waals surface area contributed by atoms with E-state index < -0.39 is 4.92 Å². The van der Waals surface area contributed by atoms with Crippen LogP contribution in [0, 0.1) is 15.5 Å². The molecule has 2 aliphatic rings. The molecule has 1 aliphatic heterocycles. The predicted octanol–water partition coefficient (Wildman–Crippen LogP) is 5.41. The molecule has 30 heavy (non-hydrogen) atoms. The average molecular weight is 425 g/mol. The first-order valence-corrected chi connectivity index (χ1v) is 10.1. The molecule has 7 heteroatoms. The molecular formula is C23H21ClN2O4. The van der Waals surface area contributed by atoms with Gasteiger partial charge in [-0.05, 0) is 35.6 Å². The molecule has 0 bridgehead atoms. The van der Waals surface area contributed by atoms with Crippen LogP contribution >= 0.6 is 11.6 Å². The standard InChI is InChI=1S/C23H21ClN2O4/c1-23(2)12-19-22(20(27)13-23)18(14-6-8-15(24)9-7-14)11-21(28)25(19)16-4-3-5-17(10-16)26(29)30/h3-10,18H,11-13H2,1-2H3. The number of amides is 1. The number of hydrogen-bond acceptors (Lipinski definition) is 4. The molecule has 2 aromatic carbocycles. The maximum absolute atomic E-state index is 13.3. The first-order valence-electron chi connectivity index (χ1n) is 9.75. The third-order valence-corrected chi connectivity index (χ3v) is 5.97.